The second kappa shape index (κ2) is 8.76. The summed E-state index contributed by atoms with van der Waals surface area (Å²) in [6.45, 7) is 4.29. The summed E-state index contributed by atoms with van der Waals surface area (Å²) in [5.74, 6) is -0.118. The molecule has 1 N–H and O–H groups in total. The van der Waals surface area contributed by atoms with Crippen LogP contribution in [0.1, 0.15) is 25.3 Å². The number of hydrogen-bond acceptors (Lipinski definition) is 3. The first kappa shape index (κ1) is 13.7. The van der Waals surface area contributed by atoms with Gasteiger partial charge in [0.15, 0.2) is 0 Å². The summed E-state index contributed by atoms with van der Waals surface area (Å²) in [5, 5.41) is 3.19. The van der Waals surface area contributed by atoms with Crippen molar-refractivity contribution in [3.05, 3.63) is 35.9 Å². The molecular weight excluding hydrogens is 214 g/mol. The first-order valence-corrected chi connectivity index (χ1v) is 6.23. The van der Waals surface area contributed by atoms with Crippen molar-refractivity contribution in [2.45, 2.75) is 26.2 Å². The predicted molar refractivity (Wildman–Crippen MR) is 68.9 cm³/mol. The highest BCUT2D eigenvalue weighted by Gasteiger charge is 2.02. The van der Waals surface area contributed by atoms with Gasteiger partial charge in [-0.05, 0) is 24.9 Å². The van der Waals surface area contributed by atoms with Crippen LogP contribution in [-0.4, -0.2) is 25.7 Å². The Bertz CT molecular complexity index is 311. The fourth-order valence-corrected chi connectivity index (χ4v) is 1.50. The van der Waals surface area contributed by atoms with Crippen LogP contribution in [0.25, 0.3) is 0 Å². The SMILES string of the molecule is CCCNCCOC(=O)CCc1ccccc1. The molecule has 0 aliphatic heterocycles. The van der Waals surface area contributed by atoms with Crippen LogP contribution in [0.2, 0.25) is 0 Å². The Hall–Kier alpha value is -1.35. The Morgan fingerprint density at radius 3 is 2.71 bits per heavy atom. The van der Waals surface area contributed by atoms with Crippen molar-refractivity contribution in [3.8, 4) is 0 Å². The van der Waals surface area contributed by atoms with Gasteiger partial charge in [-0.25, -0.2) is 0 Å². The average molecular weight is 235 g/mol. The monoisotopic (exact) mass is 235 g/mol. The Kier molecular flexibility index (Phi) is 7.07. The molecule has 1 aromatic rings. The fraction of sp³-hybridized carbons (Fsp3) is 0.500. The van der Waals surface area contributed by atoms with E-state index in [0.29, 0.717) is 13.0 Å². The zero-order chi connectivity index (χ0) is 12.3. The van der Waals surface area contributed by atoms with Crippen LogP contribution in [0, 0.1) is 0 Å². The Morgan fingerprint density at radius 2 is 2.00 bits per heavy atom. The predicted octanol–water partition coefficient (Wildman–Crippen LogP) is 2.16. The highest BCUT2D eigenvalue weighted by molar-refractivity contribution is 5.69. The number of hydrogen-bond donors (Lipinski definition) is 1. The molecule has 0 amide bonds. The molecule has 0 aliphatic rings. The number of benzene rings is 1. The van der Waals surface area contributed by atoms with Gasteiger partial charge in [-0.3, -0.25) is 4.79 Å². The molecule has 0 heterocycles. The maximum Gasteiger partial charge on any atom is 0.306 e. The third-order valence-corrected chi connectivity index (χ3v) is 2.43. The quantitative estimate of drug-likeness (QED) is 0.554. The maximum absolute atomic E-state index is 11.4. The van der Waals surface area contributed by atoms with Crippen molar-refractivity contribution < 1.29 is 9.53 Å². The van der Waals surface area contributed by atoms with Gasteiger partial charge in [-0.1, -0.05) is 37.3 Å². The van der Waals surface area contributed by atoms with Crippen LogP contribution in [-0.2, 0) is 16.0 Å². The second-order valence-corrected chi connectivity index (χ2v) is 3.96. The van der Waals surface area contributed by atoms with Crippen LogP contribution in [0.4, 0.5) is 0 Å². The van der Waals surface area contributed by atoms with E-state index in [2.05, 4.69) is 12.2 Å². The topological polar surface area (TPSA) is 38.3 Å². The smallest absolute Gasteiger partial charge is 0.306 e. The molecule has 3 heteroatoms. The van der Waals surface area contributed by atoms with Gasteiger partial charge in [-0.2, -0.15) is 0 Å². The zero-order valence-corrected chi connectivity index (χ0v) is 10.4. The van der Waals surface area contributed by atoms with Crippen LogP contribution < -0.4 is 5.32 Å². The summed E-state index contributed by atoms with van der Waals surface area (Å²) in [6.07, 6.45) is 2.31. The molecule has 0 bridgehead atoms. The Labute approximate surface area is 103 Å². The van der Waals surface area contributed by atoms with E-state index in [1.54, 1.807) is 0 Å². The van der Waals surface area contributed by atoms with Crippen LogP contribution in [0.3, 0.4) is 0 Å². The molecule has 94 valence electrons. The molecule has 1 rings (SSSR count). The number of aryl methyl sites for hydroxylation is 1. The van der Waals surface area contributed by atoms with Gasteiger partial charge in [0.05, 0.1) is 0 Å². The van der Waals surface area contributed by atoms with Gasteiger partial charge in [0.2, 0.25) is 0 Å². The van der Waals surface area contributed by atoms with Crippen molar-refractivity contribution in [2.24, 2.45) is 0 Å². The van der Waals surface area contributed by atoms with E-state index in [4.69, 9.17) is 4.74 Å². The summed E-state index contributed by atoms with van der Waals surface area (Å²) >= 11 is 0. The third-order valence-electron chi connectivity index (χ3n) is 2.43. The number of carbonyl (C=O) groups is 1. The minimum Gasteiger partial charge on any atom is -0.464 e. The van der Waals surface area contributed by atoms with Crippen molar-refractivity contribution in [1.82, 2.24) is 5.32 Å². The van der Waals surface area contributed by atoms with Crippen molar-refractivity contribution in [2.75, 3.05) is 19.7 Å². The average Bonchev–Trinajstić information content (AvgIpc) is 2.37. The molecule has 0 aromatic heterocycles. The van der Waals surface area contributed by atoms with E-state index in [1.165, 1.54) is 5.56 Å². The zero-order valence-electron chi connectivity index (χ0n) is 10.4. The molecule has 1 aromatic carbocycles. The van der Waals surface area contributed by atoms with E-state index in [0.717, 1.165) is 25.9 Å². The number of carbonyl (C=O) groups excluding carboxylic acids is 1. The van der Waals surface area contributed by atoms with Crippen LogP contribution in [0.5, 0.6) is 0 Å². The highest BCUT2D eigenvalue weighted by Crippen LogP contribution is 2.02. The van der Waals surface area contributed by atoms with Crippen molar-refractivity contribution in [1.29, 1.82) is 0 Å². The number of ether oxygens (including phenoxy) is 1. The van der Waals surface area contributed by atoms with Gasteiger partial charge >= 0.3 is 5.97 Å². The van der Waals surface area contributed by atoms with Gasteiger partial charge < -0.3 is 10.1 Å². The Balaban J connectivity index is 2.05. The minimum absolute atomic E-state index is 0.118. The molecule has 0 unspecified atom stereocenters. The van der Waals surface area contributed by atoms with Crippen LogP contribution in [0.15, 0.2) is 30.3 Å². The van der Waals surface area contributed by atoms with E-state index >= 15 is 0 Å². The van der Waals surface area contributed by atoms with Gasteiger partial charge in [0.1, 0.15) is 6.61 Å². The summed E-state index contributed by atoms with van der Waals surface area (Å²) in [7, 11) is 0. The number of rotatable bonds is 8. The van der Waals surface area contributed by atoms with E-state index in [-0.39, 0.29) is 5.97 Å². The van der Waals surface area contributed by atoms with Gasteiger partial charge in [0.25, 0.3) is 0 Å². The molecule has 0 atom stereocenters. The standard InChI is InChI=1S/C14H21NO2/c1-2-10-15-11-12-17-14(16)9-8-13-6-4-3-5-7-13/h3-7,15H,2,8-12H2,1H3. The molecule has 0 saturated carbocycles. The maximum atomic E-state index is 11.4. The summed E-state index contributed by atoms with van der Waals surface area (Å²) in [6, 6.07) is 9.98. The lowest BCUT2D eigenvalue weighted by Crippen LogP contribution is -2.22. The lowest BCUT2D eigenvalue weighted by Gasteiger charge is -2.05. The molecule has 0 saturated heterocycles. The normalized spacial score (nSPS) is 10.2. The Morgan fingerprint density at radius 1 is 1.24 bits per heavy atom. The fourth-order valence-electron chi connectivity index (χ4n) is 1.50. The van der Waals surface area contributed by atoms with Crippen molar-refractivity contribution >= 4 is 5.97 Å². The molecule has 3 nitrogen and oxygen atoms in total. The third kappa shape index (κ3) is 6.74. The van der Waals surface area contributed by atoms with Gasteiger partial charge in [0, 0.05) is 13.0 Å². The molecule has 0 radical (unpaired) electrons. The number of nitrogens with one attached hydrogen (secondary N) is 1. The first-order chi connectivity index (χ1) is 8.33. The van der Waals surface area contributed by atoms with E-state index < -0.39 is 0 Å². The largest absolute Gasteiger partial charge is 0.464 e. The van der Waals surface area contributed by atoms with E-state index in [1.807, 2.05) is 30.3 Å². The molecule has 17 heavy (non-hydrogen) atoms. The van der Waals surface area contributed by atoms with Crippen LogP contribution >= 0.6 is 0 Å². The molecule has 0 aliphatic carbocycles. The highest BCUT2D eigenvalue weighted by atomic mass is 16.5. The minimum atomic E-state index is -0.118. The first-order valence-electron chi connectivity index (χ1n) is 6.23. The number of esters is 1. The second-order valence-electron chi connectivity index (χ2n) is 3.96. The summed E-state index contributed by atoms with van der Waals surface area (Å²) < 4.78 is 5.11. The van der Waals surface area contributed by atoms with Crippen molar-refractivity contribution in [3.63, 3.8) is 0 Å². The molecule has 0 fully saturated rings. The molecule has 0 spiro atoms. The summed E-state index contributed by atoms with van der Waals surface area (Å²) in [4.78, 5) is 11.4. The van der Waals surface area contributed by atoms with Gasteiger partial charge in [-0.15, -0.1) is 0 Å². The lowest BCUT2D eigenvalue weighted by molar-refractivity contribution is -0.143. The lowest BCUT2D eigenvalue weighted by atomic mass is 10.1. The summed E-state index contributed by atoms with van der Waals surface area (Å²) in [5.41, 5.74) is 1.17. The molecular formula is C14H21NO2. The van der Waals surface area contributed by atoms with E-state index in [9.17, 15) is 4.79 Å².